The molecular weight excluding hydrogens is 483 g/mol. The number of alkyl halides is 3. The van der Waals surface area contributed by atoms with E-state index in [1.165, 1.54) is 30.9 Å². The van der Waals surface area contributed by atoms with Gasteiger partial charge in [-0.1, -0.05) is 42.5 Å². The van der Waals surface area contributed by atoms with Crippen LogP contribution in [0.4, 0.5) is 13.2 Å². The molecule has 1 aliphatic rings. The SMILES string of the molecule is O=S(=O)(c1ccccc1OC(F)(F)F)N1Cc2cncnc2-n2ccnc2[C@H]1Cc1ccccc1. The van der Waals surface area contributed by atoms with Crippen LogP contribution in [0.2, 0.25) is 0 Å². The molecular formula is C23H18F3N5O3S. The van der Waals surface area contributed by atoms with Gasteiger partial charge in [-0.15, -0.1) is 13.2 Å². The summed E-state index contributed by atoms with van der Waals surface area (Å²) in [5, 5.41) is 0. The molecule has 35 heavy (non-hydrogen) atoms. The average molecular weight is 501 g/mol. The summed E-state index contributed by atoms with van der Waals surface area (Å²) in [5.74, 6) is 0.0165. The highest BCUT2D eigenvalue weighted by Gasteiger charge is 2.41. The van der Waals surface area contributed by atoms with E-state index < -0.39 is 33.1 Å². The maximum Gasteiger partial charge on any atom is 0.573 e. The third-order valence-electron chi connectivity index (χ3n) is 5.57. The standard InChI is InChI=1S/C23H18F3N5O3S/c24-23(25,26)34-19-8-4-5-9-20(19)35(32,33)31-14-17-13-27-15-29-21(17)30-11-10-28-22(30)18(31)12-16-6-2-1-3-7-16/h1-11,13,15,18H,12,14H2/t18-/m1/s1. The van der Waals surface area contributed by atoms with E-state index in [2.05, 4.69) is 19.7 Å². The second-order valence-corrected chi connectivity index (χ2v) is 9.64. The third-order valence-corrected chi connectivity index (χ3v) is 7.46. The fourth-order valence-corrected chi connectivity index (χ4v) is 5.79. The lowest BCUT2D eigenvalue weighted by Crippen LogP contribution is -2.36. The van der Waals surface area contributed by atoms with E-state index in [-0.39, 0.29) is 13.0 Å². The molecule has 1 aliphatic heterocycles. The Balaban J connectivity index is 1.69. The molecule has 0 bridgehead atoms. The summed E-state index contributed by atoms with van der Waals surface area (Å²) in [6.45, 7) is -0.181. The zero-order valence-corrected chi connectivity index (χ0v) is 18.8. The Morgan fingerprint density at radius 1 is 1.03 bits per heavy atom. The molecule has 0 spiro atoms. The van der Waals surface area contributed by atoms with Gasteiger partial charge in [0, 0.05) is 30.7 Å². The molecule has 0 N–H and O–H groups in total. The molecule has 2 aromatic carbocycles. The maximum atomic E-state index is 14.0. The molecule has 2 aromatic heterocycles. The van der Waals surface area contributed by atoms with Crippen molar-refractivity contribution >= 4 is 10.0 Å². The number of ether oxygens (including phenoxy) is 1. The van der Waals surface area contributed by atoms with Gasteiger partial charge in [-0.3, -0.25) is 4.57 Å². The largest absolute Gasteiger partial charge is 0.573 e. The maximum absolute atomic E-state index is 14.0. The average Bonchev–Trinajstić information content (AvgIpc) is 3.26. The van der Waals surface area contributed by atoms with Gasteiger partial charge in [-0.05, 0) is 24.1 Å². The van der Waals surface area contributed by atoms with Crippen LogP contribution >= 0.6 is 0 Å². The number of hydrogen-bond acceptors (Lipinski definition) is 6. The van der Waals surface area contributed by atoms with Crippen LogP contribution in [-0.2, 0) is 23.0 Å². The van der Waals surface area contributed by atoms with E-state index in [1.807, 2.05) is 30.3 Å². The number of aromatic nitrogens is 4. The summed E-state index contributed by atoms with van der Waals surface area (Å²) < 4.78 is 74.1. The van der Waals surface area contributed by atoms with Gasteiger partial charge in [0.15, 0.2) is 0 Å². The van der Waals surface area contributed by atoms with Crippen molar-refractivity contribution in [1.29, 1.82) is 0 Å². The van der Waals surface area contributed by atoms with Crippen LogP contribution in [0.5, 0.6) is 5.75 Å². The lowest BCUT2D eigenvalue weighted by Gasteiger charge is -2.29. The van der Waals surface area contributed by atoms with E-state index in [1.54, 1.807) is 10.8 Å². The molecule has 0 radical (unpaired) electrons. The Morgan fingerprint density at radius 3 is 2.54 bits per heavy atom. The third kappa shape index (κ3) is 4.49. The Bertz CT molecular complexity index is 1460. The topological polar surface area (TPSA) is 90.2 Å². The van der Waals surface area contributed by atoms with Gasteiger partial charge >= 0.3 is 6.36 Å². The van der Waals surface area contributed by atoms with E-state index in [9.17, 15) is 21.6 Å². The number of halogens is 3. The molecule has 3 heterocycles. The van der Waals surface area contributed by atoms with Crippen LogP contribution in [0.3, 0.4) is 0 Å². The molecule has 0 saturated heterocycles. The van der Waals surface area contributed by atoms with Crippen molar-refractivity contribution in [3.63, 3.8) is 0 Å². The van der Waals surface area contributed by atoms with Gasteiger partial charge in [0.25, 0.3) is 0 Å². The van der Waals surface area contributed by atoms with Gasteiger partial charge in [-0.2, -0.15) is 4.31 Å². The van der Waals surface area contributed by atoms with Crippen LogP contribution in [0.15, 0.2) is 84.4 Å². The second kappa shape index (κ2) is 8.78. The smallest absolute Gasteiger partial charge is 0.404 e. The molecule has 5 rings (SSSR count). The summed E-state index contributed by atoms with van der Waals surface area (Å²) in [6, 6.07) is 13.0. The first-order chi connectivity index (χ1) is 16.7. The molecule has 0 saturated carbocycles. The Hall–Kier alpha value is -3.77. The fourth-order valence-electron chi connectivity index (χ4n) is 4.11. The summed E-state index contributed by atoms with van der Waals surface area (Å²) >= 11 is 0. The lowest BCUT2D eigenvalue weighted by atomic mass is 10.1. The van der Waals surface area contributed by atoms with Crippen molar-refractivity contribution in [2.24, 2.45) is 0 Å². The first-order valence-electron chi connectivity index (χ1n) is 10.5. The molecule has 0 aliphatic carbocycles. The second-order valence-electron chi connectivity index (χ2n) is 7.78. The van der Waals surface area contributed by atoms with E-state index in [0.29, 0.717) is 17.2 Å². The van der Waals surface area contributed by atoms with Gasteiger partial charge in [0.2, 0.25) is 10.0 Å². The van der Waals surface area contributed by atoms with Crippen molar-refractivity contribution in [3.8, 4) is 11.6 Å². The molecule has 8 nitrogen and oxygen atoms in total. The molecule has 0 amide bonds. The highest BCUT2D eigenvalue weighted by Crippen LogP contribution is 2.39. The van der Waals surface area contributed by atoms with Crippen LogP contribution in [0.1, 0.15) is 23.0 Å². The van der Waals surface area contributed by atoms with Gasteiger partial charge < -0.3 is 4.74 Å². The predicted octanol–water partition coefficient (Wildman–Crippen LogP) is 4.05. The van der Waals surface area contributed by atoms with Crippen molar-refractivity contribution in [2.45, 2.75) is 30.3 Å². The predicted molar refractivity (Wildman–Crippen MR) is 118 cm³/mol. The number of sulfonamides is 1. The molecule has 12 heteroatoms. The monoisotopic (exact) mass is 501 g/mol. The minimum Gasteiger partial charge on any atom is -0.404 e. The highest BCUT2D eigenvalue weighted by molar-refractivity contribution is 7.89. The number of fused-ring (bicyclic) bond motifs is 3. The number of nitrogens with zero attached hydrogens (tertiary/aromatic N) is 5. The number of hydrogen-bond donors (Lipinski definition) is 0. The first-order valence-corrected chi connectivity index (χ1v) is 11.9. The van der Waals surface area contributed by atoms with Crippen LogP contribution < -0.4 is 4.74 Å². The van der Waals surface area contributed by atoms with E-state index >= 15 is 0 Å². The minimum atomic E-state index is -5.06. The van der Waals surface area contributed by atoms with Gasteiger partial charge in [0.05, 0.1) is 6.04 Å². The number of imidazole rings is 1. The lowest BCUT2D eigenvalue weighted by molar-refractivity contribution is -0.275. The van der Waals surface area contributed by atoms with Crippen molar-refractivity contribution in [3.05, 3.63) is 96.5 Å². The molecule has 180 valence electrons. The van der Waals surface area contributed by atoms with Crippen LogP contribution in [0.25, 0.3) is 5.82 Å². The van der Waals surface area contributed by atoms with Crippen molar-refractivity contribution in [2.75, 3.05) is 0 Å². The minimum absolute atomic E-state index is 0.181. The van der Waals surface area contributed by atoms with Crippen LogP contribution in [0, 0.1) is 0 Å². The normalized spacial score (nSPS) is 16.3. The number of rotatable bonds is 5. The zero-order chi connectivity index (χ0) is 24.6. The molecule has 4 aromatic rings. The summed E-state index contributed by atoms with van der Waals surface area (Å²) in [6.07, 6.45) is 1.17. The Kier molecular flexibility index (Phi) is 5.77. The van der Waals surface area contributed by atoms with Crippen LogP contribution in [-0.4, -0.2) is 38.6 Å². The van der Waals surface area contributed by atoms with Crippen molar-refractivity contribution < 1.29 is 26.3 Å². The summed E-state index contributed by atoms with van der Waals surface area (Å²) in [4.78, 5) is 12.1. The molecule has 0 fully saturated rings. The van der Waals surface area contributed by atoms with Gasteiger partial charge in [-0.25, -0.2) is 23.4 Å². The Morgan fingerprint density at radius 2 is 1.77 bits per heavy atom. The van der Waals surface area contributed by atoms with Crippen molar-refractivity contribution in [1.82, 2.24) is 23.8 Å². The Labute approximate surface area is 198 Å². The molecule has 0 unspecified atom stereocenters. The van der Waals surface area contributed by atoms with E-state index in [4.69, 9.17) is 0 Å². The zero-order valence-electron chi connectivity index (χ0n) is 18.0. The summed E-state index contributed by atoms with van der Waals surface area (Å²) in [5.41, 5.74) is 1.30. The molecule has 1 atom stereocenters. The number of benzene rings is 2. The number of para-hydroxylation sites is 1. The quantitative estimate of drug-likeness (QED) is 0.410. The fraction of sp³-hybridized carbons (Fsp3) is 0.174. The summed E-state index contributed by atoms with van der Waals surface area (Å²) in [7, 11) is -4.52. The first kappa shape index (κ1) is 23.0. The highest BCUT2D eigenvalue weighted by atomic mass is 32.2. The van der Waals surface area contributed by atoms with E-state index in [0.717, 1.165) is 22.0 Å². The van der Waals surface area contributed by atoms with Gasteiger partial charge in [0.1, 0.15) is 28.6 Å².